The van der Waals surface area contributed by atoms with Crippen LogP contribution in [0.2, 0.25) is 0 Å². The van der Waals surface area contributed by atoms with Gasteiger partial charge in [-0.15, -0.1) is 0 Å². The largest absolute Gasteiger partial charge is 0.497 e. The van der Waals surface area contributed by atoms with Gasteiger partial charge in [0.25, 0.3) is 0 Å². The lowest BCUT2D eigenvalue weighted by molar-refractivity contribution is 0.0600. The second-order valence-electron chi connectivity index (χ2n) is 5.30. The average Bonchev–Trinajstić information content (AvgIpc) is 2.64. The van der Waals surface area contributed by atoms with Crippen LogP contribution in [0.5, 0.6) is 17.2 Å². The number of esters is 1. The number of methoxy groups -OCH3 is 2. The van der Waals surface area contributed by atoms with E-state index in [1.54, 1.807) is 56.5 Å². The predicted molar refractivity (Wildman–Crippen MR) is 91.6 cm³/mol. The van der Waals surface area contributed by atoms with Crippen LogP contribution in [-0.2, 0) is 4.74 Å². The van der Waals surface area contributed by atoms with Gasteiger partial charge in [0.05, 0.1) is 25.2 Å². The lowest BCUT2D eigenvalue weighted by atomic mass is 10.2. The summed E-state index contributed by atoms with van der Waals surface area (Å²) in [7, 11) is 2.85. The van der Waals surface area contributed by atoms with Gasteiger partial charge in [0.15, 0.2) is 0 Å². The summed E-state index contributed by atoms with van der Waals surface area (Å²) in [6, 6.07) is 11.3. The molecule has 128 valence electrons. The van der Waals surface area contributed by atoms with Crippen LogP contribution in [0.3, 0.4) is 0 Å². The molecule has 0 bridgehead atoms. The number of rotatable bonds is 4. The monoisotopic (exact) mass is 340 g/mol. The number of carbonyl (C=O) groups excluding carboxylic acids is 1. The van der Waals surface area contributed by atoms with Crippen LogP contribution in [0, 0.1) is 6.92 Å². The van der Waals surface area contributed by atoms with E-state index in [1.807, 2.05) is 0 Å². The van der Waals surface area contributed by atoms with Gasteiger partial charge < -0.3 is 18.6 Å². The van der Waals surface area contributed by atoms with E-state index < -0.39 is 5.97 Å². The molecular weight excluding hydrogens is 324 g/mol. The third-order valence-electron chi connectivity index (χ3n) is 3.72. The highest BCUT2D eigenvalue weighted by atomic mass is 16.5. The minimum atomic E-state index is -0.443. The maximum atomic E-state index is 12.7. The van der Waals surface area contributed by atoms with E-state index in [0.29, 0.717) is 33.8 Å². The molecule has 1 heterocycles. The smallest absolute Gasteiger partial charge is 0.337 e. The van der Waals surface area contributed by atoms with Crippen LogP contribution in [0.1, 0.15) is 16.1 Å². The summed E-state index contributed by atoms with van der Waals surface area (Å²) in [5, 5.41) is 0.396. The summed E-state index contributed by atoms with van der Waals surface area (Å²) in [6.45, 7) is 1.65. The Morgan fingerprint density at radius 2 is 1.68 bits per heavy atom. The van der Waals surface area contributed by atoms with Gasteiger partial charge in [-0.25, -0.2) is 4.79 Å². The third kappa shape index (κ3) is 3.19. The van der Waals surface area contributed by atoms with Gasteiger partial charge in [-0.1, -0.05) is 0 Å². The van der Waals surface area contributed by atoms with Crippen molar-refractivity contribution in [3.05, 3.63) is 64.0 Å². The normalized spacial score (nSPS) is 10.5. The molecule has 0 spiro atoms. The van der Waals surface area contributed by atoms with Crippen LogP contribution >= 0.6 is 0 Å². The molecule has 0 radical (unpaired) electrons. The second kappa shape index (κ2) is 6.68. The van der Waals surface area contributed by atoms with Gasteiger partial charge in [0, 0.05) is 6.07 Å². The van der Waals surface area contributed by atoms with Crippen LogP contribution in [0.4, 0.5) is 0 Å². The van der Waals surface area contributed by atoms with Gasteiger partial charge in [0.2, 0.25) is 11.2 Å². The molecule has 0 aliphatic rings. The zero-order valence-corrected chi connectivity index (χ0v) is 14.0. The van der Waals surface area contributed by atoms with Crippen molar-refractivity contribution in [3.8, 4) is 17.2 Å². The Morgan fingerprint density at radius 1 is 1.00 bits per heavy atom. The zero-order chi connectivity index (χ0) is 18.0. The van der Waals surface area contributed by atoms with Crippen molar-refractivity contribution in [1.29, 1.82) is 0 Å². The fourth-order valence-electron chi connectivity index (χ4n) is 2.41. The number of hydrogen-bond donors (Lipinski definition) is 0. The second-order valence-corrected chi connectivity index (χ2v) is 5.30. The van der Waals surface area contributed by atoms with Crippen molar-refractivity contribution in [2.75, 3.05) is 14.2 Å². The van der Waals surface area contributed by atoms with Gasteiger partial charge in [-0.2, -0.15) is 0 Å². The van der Waals surface area contributed by atoms with Crippen LogP contribution in [0.15, 0.2) is 51.7 Å². The van der Waals surface area contributed by atoms with E-state index >= 15 is 0 Å². The molecule has 0 aliphatic carbocycles. The molecule has 0 aliphatic heterocycles. The number of ether oxygens (including phenoxy) is 3. The van der Waals surface area contributed by atoms with E-state index in [2.05, 4.69) is 4.74 Å². The first-order chi connectivity index (χ1) is 12.0. The van der Waals surface area contributed by atoms with Crippen LogP contribution in [0.25, 0.3) is 11.0 Å². The summed E-state index contributed by atoms with van der Waals surface area (Å²) < 4.78 is 21.2. The lowest BCUT2D eigenvalue weighted by Gasteiger charge is -2.09. The average molecular weight is 340 g/mol. The molecule has 0 saturated carbocycles. The maximum Gasteiger partial charge on any atom is 0.337 e. The number of benzene rings is 2. The van der Waals surface area contributed by atoms with Crippen molar-refractivity contribution in [2.24, 2.45) is 0 Å². The SMILES string of the molecule is COC(=O)c1ccc(Oc2c(C)oc3cc(OC)ccc3c2=O)cc1. The lowest BCUT2D eigenvalue weighted by Crippen LogP contribution is -2.07. The fourth-order valence-corrected chi connectivity index (χ4v) is 2.41. The van der Waals surface area contributed by atoms with Gasteiger partial charge in [0.1, 0.15) is 22.8 Å². The number of fused-ring (bicyclic) bond motifs is 1. The highest BCUT2D eigenvalue weighted by Gasteiger charge is 2.15. The van der Waals surface area contributed by atoms with Gasteiger partial charge in [-0.3, -0.25) is 4.79 Å². The van der Waals surface area contributed by atoms with Crippen molar-refractivity contribution >= 4 is 16.9 Å². The first-order valence-corrected chi connectivity index (χ1v) is 7.51. The maximum absolute atomic E-state index is 12.7. The van der Waals surface area contributed by atoms with Crippen molar-refractivity contribution in [3.63, 3.8) is 0 Å². The predicted octanol–water partition coefficient (Wildman–Crippen LogP) is 3.69. The summed E-state index contributed by atoms with van der Waals surface area (Å²) in [5.41, 5.74) is 0.540. The Kier molecular flexibility index (Phi) is 4.43. The van der Waals surface area contributed by atoms with E-state index in [1.165, 1.54) is 7.11 Å². The van der Waals surface area contributed by atoms with E-state index in [4.69, 9.17) is 13.9 Å². The number of aryl methyl sites for hydroxylation is 1. The summed E-state index contributed by atoms with van der Waals surface area (Å²) >= 11 is 0. The molecular formula is C19H16O6. The molecule has 0 unspecified atom stereocenters. The molecule has 0 atom stereocenters. The Labute approximate surface area is 143 Å². The number of hydrogen-bond acceptors (Lipinski definition) is 6. The summed E-state index contributed by atoms with van der Waals surface area (Å²) in [6.07, 6.45) is 0. The van der Waals surface area contributed by atoms with E-state index in [0.717, 1.165) is 0 Å². The third-order valence-corrected chi connectivity index (χ3v) is 3.72. The molecule has 3 aromatic rings. The zero-order valence-electron chi connectivity index (χ0n) is 14.0. The summed E-state index contributed by atoms with van der Waals surface area (Å²) in [4.78, 5) is 24.1. The molecule has 25 heavy (non-hydrogen) atoms. The number of carbonyl (C=O) groups is 1. The quantitative estimate of drug-likeness (QED) is 0.674. The molecule has 2 aromatic carbocycles. The Bertz CT molecular complexity index is 985. The minimum absolute atomic E-state index is 0.100. The van der Waals surface area contributed by atoms with Crippen molar-refractivity contribution in [2.45, 2.75) is 6.92 Å². The first-order valence-electron chi connectivity index (χ1n) is 7.51. The molecule has 6 nitrogen and oxygen atoms in total. The van der Waals surface area contributed by atoms with Gasteiger partial charge >= 0.3 is 5.97 Å². The topological polar surface area (TPSA) is 75.0 Å². The molecule has 3 rings (SSSR count). The standard InChI is InChI=1S/C19H16O6/c1-11-18(25-13-6-4-12(5-7-13)19(21)23-3)17(20)15-9-8-14(22-2)10-16(15)24-11/h4-10H,1-3H3. The molecule has 0 saturated heterocycles. The van der Waals surface area contributed by atoms with E-state index in [9.17, 15) is 9.59 Å². The molecule has 0 amide bonds. The Morgan fingerprint density at radius 3 is 2.32 bits per heavy atom. The Balaban J connectivity index is 1.98. The fraction of sp³-hybridized carbons (Fsp3) is 0.158. The molecule has 0 N–H and O–H groups in total. The highest BCUT2D eigenvalue weighted by molar-refractivity contribution is 5.89. The van der Waals surface area contributed by atoms with Crippen molar-refractivity contribution in [1.82, 2.24) is 0 Å². The van der Waals surface area contributed by atoms with Crippen LogP contribution in [-0.4, -0.2) is 20.2 Å². The molecule has 6 heteroatoms. The van der Waals surface area contributed by atoms with Gasteiger partial charge in [-0.05, 0) is 43.3 Å². The molecule has 1 aromatic heterocycles. The van der Waals surface area contributed by atoms with E-state index in [-0.39, 0.29) is 11.2 Å². The highest BCUT2D eigenvalue weighted by Crippen LogP contribution is 2.27. The van der Waals surface area contributed by atoms with Crippen molar-refractivity contribution < 1.29 is 23.4 Å². The Hall–Kier alpha value is -3.28. The molecule has 0 fully saturated rings. The summed E-state index contributed by atoms with van der Waals surface area (Å²) in [5.74, 6) is 1.02. The van der Waals surface area contributed by atoms with Crippen LogP contribution < -0.4 is 14.9 Å². The first kappa shape index (κ1) is 16.6. The minimum Gasteiger partial charge on any atom is -0.497 e.